The van der Waals surface area contributed by atoms with Gasteiger partial charge in [0.25, 0.3) is 6.43 Å². The molecule has 1 aromatic rings. The molecule has 7 heteroatoms. The quantitative estimate of drug-likeness (QED) is 0.850. The van der Waals surface area contributed by atoms with Gasteiger partial charge in [-0.2, -0.15) is 0 Å². The van der Waals surface area contributed by atoms with Crippen LogP contribution in [0.25, 0.3) is 0 Å². The normalized spacial score (nSPS) is 32.0. The van der Waals surface area contributed by atoms with Crippen LogP contribution in [0.15, 0.2) is 30.3 Å². The smallest absolute Gasteiger partial charge is 0.256 e. The Morgan fingerprint density at radius 2 is 1.71 bits per heavy atom. The van der Waals surface area contributed by atoms with Crippen molar-refractivity contribution in [3.8, 4) is 0 Å². The lowest BCUT2D eigenvalue weighted by Crippen LogP contribution is -2.74. The van der Waals surface area contributed by atoms with Crippen molar-refractivity contribution in [1.29, 1.82) is 0 Å². The van der Waals surface area contributed by atoms with Gasteiger partial charge in [-0.25, -0.2) is 8.78 Å². The molecule has 1 aromatic carbocycles. The van der Waals surface area contributed by atoms with Crippen molar-refractivity contribution in [2.75, 3.05) is 6.54 Å². The van der Waals surface area contributed by atoms with Gasteiger partial charge in [-0.3, -0.25) is 9.69 Å². The fourth-order valence-electron chi connectivity index (χ4n) is 4.04. The minimum atomic E-state index is -2.60. The Hall–Kier alpha value is -1.57. The van der Waals surface area contributed by atoms with E-state index in [1.54, 1.807) is 4.90 Å². The number of benzene rings is 1. The van der Waals surface area contributed by atoms with E-state index in [9.17, 15) is 13.6 Å². The molecule has 0 spiro atoms. The molecule has 28 heavy (non-hydrogen) atoms. The first-order valence-corrected chi connectivity index (χ1v) is 9.71. The van der Waals surface area contributed by atoms with E-state index < -0.39 is 41.9 Å². The highest BCUT2D eigenvalue weighted by molar-refractivity contribution is 5.73. The Morgan fingerprint density at radius 1 is 1.14 bits per heavy atom. The molecular weight excluding hydrogens is 366 g/mol. The zero-order valence-electron chi connectivity index (χ0n) is 17.1. The molecule has 5 nitrogen and oxygen atoms in total. The molecule has 1 amide bonds. The van der Waals surface area contributed by atoms with Crippen LogP contribution in [0.2, 0.25) is 0 Å². The standard InChI is InChI=1S/C21H30F2N2O3/c1-13(26)24-15-12-25(11-14-9-7-6-8-10-14)16(19(22)23)18-17(15)27-20(2,3)21(4,5)28-18/h6-10,15-19H,11-12H2,1-5H3,(H,24,26)/t15-,16-,17+,18+/m0/s1. The first kappa shape index (κ1) is 21.1. The van der Waals surface area contributed by atoms with E-state index in [0.29, 0.717) is 6.54 Å². The highest BCUT2D eigenvalue weighted by Crippen LogP contribution is 2.43. The van der Waals surface area contributed by atoms with Gasteiger partial charge in [0.05, 0.1) is 17.2 Å². The van der Waals surface area contributed by atoms with E-state index in [1.807, 2.05) is 58.0 Å². The molecule has 0 bridgehead atoms. The molecule has 2 aliphatic heterocycles. The number of amides is 1. The van der Waals surface area contributed by atoms with E-state index in [0.717, 1.165) is 5.56 Å². The minimum Gasteiger partial charge on any atom is -0.365 e. The lowest BCUT2D eigenvalue weighted by atomic mass is 9.82. The van der Waals surface area contributed by atoms with Crippen molar-refractivity contribution in [2.24, 2.45) is 0 Å². The Balaban J connectivity index is 1.96. The predicted molar refractivity (Wildman–Crippen MR) is 102 cm³/mol. The van der Waals surface area contributed by atoms with Crippen molar-refractivity contribution in [3.63, 3.8) is 0 Å². The first-order chi connectivity index (χ1) is 13.0. The summed E-state index contributed by atoms with van der Waals surface area (Å²) in [4.78, 5) is 13.5. The molecule has 0 aliphatic carbocycles. The predicted octanol–water partition coefficient (Wildman–Crippen LogP) is 2.98. The van der Waals surface area contributed by atoms with Gasteiger partial charge in [-0.05, 0) is 33.3 Å². The number of nitrogens with zero attached hydrogens (tertiary/aromatic N) is 1. The summed E-state index contributed by atoms with van der Waals surface area (Å²) in [5.74, 6) is -0.217. The largest absolute Gasteiger partial charge is 0.365 e. The van der Waals surface area contributed by atoms with Crippen LogP contribution in [0.3, 0.4) is 0 Å². The highest BCUT2D eigenvalue weighted by atomic mass is 19.3. The Labute approximate surface area is 165 Å². The van der Waals surface area contributed by atoms with Gasteiger partial charge in [0, 0.05) is 20.0 Å². The zero-order valence-corrected chi connectivity index (χ0v) is 17.1. The zero-order chi connectivity index (χ0) is 20.7. The number of halogens is 2. The van der Waals surface area contributed by atoms with E-state index in [2.05, 4.69) is 5.32 Å². The van der Waals surface area contributed by atoms with Gasteiger partial charge in [0.1, 0.15) is 18.2 Å². The third-order valence-electron chi connectivity index (χ3n) is 6.10. The molecular formula is C21H30F2N2O3. The maximum atomic E-state index is 14.2. The molecule has 3 rings (SSSR count). The third-order valence-corrected chi connectivity index (χ3v) is 6.10. The summed E-state index contributed by atoms with van der Waals surface area (Å²) in [7, 11) is 0. The highest BCUT2D eigenvalue weighted by Gasteiger charge is 2.58. The average Bonchev–Trinajstić information content (AvgIpc) is 2.56. The molecule has 2 fully saturated rings. The molecule has 0 aromatic heterocycles. The maximum Gasteiger partial charge on any atom is 0.256 e. The summed E-state index contributed by atoms with van der Waals surface area (Å²) in [6.07, 6.45) is -4.09. The van der Waals surface area contributed by atoms with Gasteiger partial charge < -0.3 is 14.8 Å². The van der Waals surface area contributed by atoms with Crippen LogP contribution in [0.1, 0.15) is 40.2 Å². The molecule has 1 N–H and O–H groups in total. The van der Waals surface area contributed by atoms with Crippen molar-refractivity contribution >= 4 is 5.91 Å². The van der Waals surface area contributed by atoms with Gasteiger partial charge in [0.2, 0.25) is 5.91 Å². The summed E-state index contributed by atoms with van der Waals surface area (Å²) in [5.41, 5.74) is -0.499. The van der Waals surface area contributed by atoms with Crippen LogP contribution in [-0.4, -0.2) is 59.3 Å². The molecule has 0 unspecified atom stereocenters. The van der Waals surface area contributed by atoms with Crippen LogP contribution in [-0.2, 0) is 20.8 Å². The number of likely N-dealkylation sites (tertiary alicyclic amines) is 1. The number of hydrogen-bond donors (Lipinski definition) is 1. The van der Waals surface area contributed by atoms with E-state index >= 15 is 0 Å². The topological polar surface area (TPSA) is 50.8 Å². The Kier molecular flexibility index (Phi) is 5.81. The number of carbonyl (C=O) groups excluding carboxylic acids is 1. The number of fused-ring (bicyclic) bond motifs is 1. The molecule has 2 saturated heterocycles. The number of rotatable bonds is 4. The second-order valence-corrected chi connectivity index (χ2v) is 8.73. The second-order valence-electron chi connectivity index (χ2n) is 8.73. The number of piperidine rings is 1. The van der Waals surface area contributed by atoms with E-state index in [1.165, 1.54) is 6.92 Å². The van der Waals surface area contributed by atoms with Crippen molar-refractivity contribution in [1.82, 2.24) is 10.2 Å². The van der Waals surface area contributed by atoms with Crippen molar-refractivity contribution in [2.45, 2.75) is 83.1 Å². The van der Waals surface area contributed by atoms with E-state index in [-0.39, 0.29) is 12.5 Å². The molecule has 0 radical (unpaired) electrons. The summed E-state index contributed by atoms with van der Waals surface area (Å²) in [6, 6.07) is 7.93. The number of nitrogens with one attached hydrogen (secondary N) is 1. The summed E-state index contributed by atoms with van der Waals surface area (Å²) in [5, 5.41) is 2.89. The Bertz CT molecular complexity index is 696. The molecule has 0 saturated carbocycles. The Morgan fingerprint density at radius 3 is 2.25 bits per heavy atom. The molecule has 156 valence electrons. The number of carbonyl (C=O) groups is 1. The van der Waals surface area contributed by atoms with E-state index in [4.69, 9.17) is 9.47 Å². The lowest BCUT2D eigenvalue weighted by Gasteiger charge is -2.58. The van der Waals surface area contributed by atoms with Crippen LogP contribution in [0, 0.1) is 0 Å². The van der Waals surface area contributed by atoms with Crippen LogP contribution in [0.5, 0.6) is 0 Å². The fraction of sp³-hybridized carbons (Fsp3) is 0.667. The minimum absolute atomic E-state index is 0.217. The lowest BCUT2D eigenvalue weighted by molar-refractivity contribution is -0.327. The second kappa shape index (κ2) is 7.69. The monoisotopic (exact) mass is 396 g/mol. The summed E-state index contributed by atoms with van der Waals surface area (Å²) >= 11 is 0. The molecule has 2 heterocycles. The first-order valence-electron chi connectivity index (χ1n) is 9.71. The van der Waals surface area contributed by atoms with Gasteiger partial charge in [-0.1, -0.05) is 30.3 Å². The maximum absolute atomic E-state index is 14.2. The van der Waals surface area contributed by atoms with Gasteiger partial charge >= 0.3 is 0 Å². The van der Waals surface area contributed by atoms with Crippen molar-refractivity contribution < 1.29 is 23.0 Å². The van der Waals surface area contributed by atoms with Crippen molar-refractivity contribution in [3.05, 3.63) is 35.9 Å². The van der Waals surface area contributed by atoms with Gasteiger partial charge in [0.15, 0.2) is 0 Å². The fourth-order valence-corrected chi connectivity index (χ4v) is 4.04. The number of ether oxygens (including phenoxy) is 2. The number of alkyl halides is 2. The number of hydrogen-bond acceptors (Lipinski definition) is 4. The summed E-state index contributed by atoms with van der Waals surface area (Å²) in [6.45, 7) is 9.54. The third kappa shape index (κ3) is 4.07. The van der Waals surface area contributed by atoms with Gasteiger partial charge in [-0.15, -0.1) is 0 Å². The van der Waals surface area contributed by atoms with Crippen LogP contribution < -0.4 is 5.32 Å². The van der Waals surface area contributed by atoms with Crippen LogP contribution in [0.4, 0.5) is 8.78 Å². The SMILES string of the molecule is CC(=O)N[C@H]1CN(Cc2ccccc2)[C@H](C(F)F)[C@H]2OC(C)(C)C(C)(C)O[C@@H]21. The van der Waals surface area contributed by atoms with Crippen LogP contribution >= 0.6 is 0 Å². The molecule has 4 atom stereocenters. The summed E-state index contributed by atoms with van der Waals surface area (Å²) < 4.78 is 41.0. The molecule has 2 aliphatic rings. The average molecular weight is 396 g/mol.